The highest BCUT2D eigenvalue weighted by atomic mass is 19.1. The number of halogens is 1. The topological polar surface area (TPSA) is 92.4 Å². The Balaban J connectivity index is 1.41. The monoisotopic (exact) mass is 422 g/mol. The maximum Gasteiger partial charge on any atom is 0.319 e. The van der Waals surface area contributed by atoms with Crippen molar-refractivity contribution in [3.05, 3.63) is 83.8 Å². The second kappa shape index (κ2) is 10.7. The van der Waals surface area contributed by atoms with E-state index >= 15 is 0 Å². The lowest BCUT2D eigenvalue weighted by atomic mass is 10.2. The Labute approximate surface area is 179 Å². The van der Waals surface area contributed by atoms with E-state index in [9.17, 15) is 14.0 Å². The first-order chi connectivity index (χ1) is 15.0. The average molecular weight is 422 g/mol. The molecule has 0 aliphatic rings. The number of ether oxygens (including phenoxy) is 1. The van der Waals surface area contributed by atoms with Crippen molar-refractivity contribution in [1.29, 1.82) is 0 Å². The predicted molar refractivity (Wildman–Crippen MR) is 116 cm³/mol. The largest absolute Gasteiger partial charge is 0.489 e. The molecule has 0 atom stereocenters. The van der Waals surface area contributed by atoms with Gasteiger partial charge in [0, 0.05) is 30.9 Å². The normalized spacial score (nSPS) is 10.3. The van der Waals surface area contributed by atoms with Gasteiger partial charge in [-0.3, -0.25) is 4.79 Å². The van der Waals surface area contributed by atoms with Crippen molar-refractivity contribution in [3.8, 4) is 5.75 Å². The van der Waals surface area contributed by atoms with Gasteiger partial charge in [0.15, 0.2) is 0 Å². The molecule has 3 amide bonds. The molecule has 0 fully saturated rings. The molecule has 0 saturated carbocycles. The van der Waals surface area contributed by atoms with Crippen LogP contribution in [0.4, 0.5) is 20.7 Å². The Morgan fingerprint density at radius 2 is 1.87 bits per heavy atom. The van der Waals surface area contributed by atoms with Crippen molar-refractivity contribution < 1.29 is 18.7 Å². The van der Waals surface area contributed by atoms with Crippen LogP contribution in [0, 0.1) is 12.7 Å². The fraction of sp³-hybridized carbons (Fsp3) is 0.174. The quantitative estimate of drug-likeness (QED) is 0.506. The minimum atomic E-state index is -0.441. The van der Waals surface area contributed by atoms with E-state index in [1.165, 1.54) is 12.1 Å². The molecule has 3 aromatic rings. The number of carbonyl (C=O) groups excluding carboxylic acids is 2. The lowest BCUT2D eigenvalue weighted by Crippen LogP contribution is -2.31. The highest BCUT2D eigenvalue weighted by molar-refractivity contribution is 5.92. The van der Waals surface area contributed by atoms with Gasteiger partial charge >= 0.3 is 6.03 Å². The van der Waals surface area contributed by atoms with Crippen molar-refractivity contribution in [3.63, 3.8) is 0 Å². The van der Waals surface area contributed by atoms with E-state index in [-0.39, 0.29) is 31.3 Å². The van der Waals surface area contributed by atoms with Crippen LogP contribution in [0.5, 0.6) is 5.75 Å². The zero-order valence-corrected chi connectivity index (χ0v) is 17.0. The third-order valence-corrected chi connectivity index (χ3v) is 4.20. The lowest BCUT2D eigenvalue weighted by molar-refractivity contribution is -0.116. The summed E-state index contributed by atoms with van der Waals surface area (Å²) in [7, 11) is 0. The molecule has 0 aliphatic carbocycles. The van der Waals surface area contributed by atoms with Gasteiger partial charge in [-0.05, 0) is 48.4 Å². The minimum Gasteiger partial charge on any atom is -0.489 e. The molecule has 8 heteroatoms. The van der Waals surface area contributed by atoms with Crippen molar-refractivity contribution >= 4 is 23.4 Å². The third-order valence-electron chi connectivity index (χ3n) is 4.20. The number of hydrogen-bond acceptors (Lipinski definition) is 4. The molecule has 7 nitrogen and oxygen atoms in total. The van der Waals surface area contributed by atoms with Crippen LogP contribution >= 0.6 is 0 Å². The van der Waals surface area contributed by atoms with Gasteiger partial charge in [0.1, 0.15) is 24.0 Å². The second-order valence-electron chi connectivity index (χ2n) is 6.85. The first-order valence-electron chi connectivity index (χ1n) is 9.72. The fourth-order valence-electron chi connectivity index (χ4n) is 2.67. The maximum atomic E-state index is 13.2. The lowest BCUT2D eigenvalue weighted by Gasteiger charge is -2.10. The Bertz CT molecular complexity index is 1040. The van der Waals surface area contributed by atoms with Crippen LogP contribution < -0.4 is 20.7 Å². The van der Waals surface area contributed by atoms with E-state index in [1.54, 1.807) is 48.7 Å². The number of nitrogens with zero attached hydrogens (tertiary/aromatic N) is 1. The summed E-state index contributed by atoms with van der Waals surface area (Å²) >= 11 is 0. The molecule has 160 valence electrons. The number of aryl methyl sites for hydroxylation is 1. The molecule has 1 heterocycles. The summed E-state index contributed by atoms with van der Waals surface area (Å²) in [5.74, 6) is 0.434. The van der Waals surface area contributed by atoms with Crippen LogP contribution in [0.3, 0.4) is 0 Å². The zero-order valence-electron chi connectivity index (χ0n) is 17.0. The summed E-state index contributed by atoms with van der Waals surface area (Å²) in [6.45, 7) is 2.28. The Morgan fingerprint density at radius 3 is 2.65 bits per heavy atom. The van der Waals surface area contributed by atoms with Crippen molar-refractivity contribution in [1.82, 2.24) is 10.3 Å². The van der Waals surface area contributed by atoms with Gasteiger partial charge in [0.2, 0.25) is 5.91 Å². The maximum absolute atomic E-state index is 13.2. The van der Waals surface area contributed by atoms with Crippen molar-refractivity contribution in [2.24, 2.45) is 0 Å². The number of anilines is 2. The summed E-state index contributed by atoms with van der Waals surface area (Å²) in [6.07, 6.45) is 1.77. The number of hydrogen-bond donors (Lipinski definition) is 3. The molecule has 0 radical (unpaired) electrons. The van der Waals surface area contributed by atoms with Crippen LogP contribution in [0.2, 0.25) is 0 Å². The molecule has 3 rings (SSSR count). The van der Waals surface area contributed by atoms with E-state index in [4.69, 9.17) is 4.74 Å². The molecule has 31 heavy (non-hydrogen) atoms. The van der Waals surface area contributed by atoms with Crippen LogP contribution in [-0.4, -0.2) is 23.5 Å². The van der Waals surface area contributed by atoms with Crippen LogP contribution in [0.15, 0.2) is 66.9 Å². The molecule has 3 N–H and O–H groups in total. The van der Waals surface area contributed by atoms with Gasteiger partial charge in [0.25, 0.3) is 0 Å². The van der Waals surface area contributed by atoms with E-state index in [1.807, 2.05) is 13.0 Å². The van der Waals surface area contributed by atoms with Crippen molar-refractivity contribution in [2.75, 3.05) is 17.2 Å². The van der Waals surface area contributed by atoms with Crippen molar-refractivity contribution in [2.45, 2.75) is 20.0 Å². The summed E-state index contributed by atoms with van der Waals surface area (Å²) in [5.41, 5.74) is 2.23. The average Bonchev–Trinajstić information content (AvgIpc) is 2.74. The predicted octanol–water partition coefficient (Wildman–Crippen LogP) is 4.26. The third kappa shape index (κ3) is 7.43. The van der Waals surface area contributed by atoms with Gasteiger partial charge in [-0.15, -0.1) is 0 Å². The molecular weight excluding hydrogens is 399 g/mol. The number of pyridine rings is 1. The summed E-state index contributed by atoms with van der Waals surface area (Å²) in [6, 6.07) is 16.1. The molecule has 0 aliphatic heterocycles. The number of urea groups is 1. The summed E-state index contributed by atoms with van der Waals surface area (Å²) < 4.78 is 18.9. The molecular formula is C23H23FN4O3. The standard InChI is InChI=1S/C23H23FN4O3/c1-16-8-9-21(26-14-16)28-22(29)10-11-25-23(30)27-19-6-3-7-20(13-19)31-15-17-4-2-5-18(24)12-17/h2-9,12-14H,10-11,15H2,1H3,(H2,25,27,30)(H,26,28,29). The number of aromatic nitrogens is 1. The SMILES string of the molecule is Cc1ccc(NC(=O)CCNC(=O)Nc2cccc(OCc3cccc(F)c3)c2)nc1. The van der Waals surface area contributed by atoms with Gasteiger partial charge < -0.3 is 20.7 Å². The van der Waals surface area contributed by atoms with Gasteiger partial charge in [-0.1, -0.05) is 24.3 Å². The summed E-state index contributed by atoms with van der Waals surface area (Å²) in [4.78, 5) is 28.1. The minimum absolute atomic E-state index is 0.111. The number of carbonyl (C=O) groups is 2. The van der Waals surface area contributed by atoms with Gasteiger partial charge in [0.05, 0.1) is 0 Å². The van der Waals surface area contributed by atoms with E-state index in [0.717, 1.165) is 5.56 Å². The smallest absolute Gasteiger partial charge is 0.319 e. The number of benzene rings is 2. The Hall–Kier alpha value is -3.94. The number of rotatable bonds is 8. The van der Waals surface area contributed by atoms with E-state index in [2.05, 4.69) is 20.9 Å². The van der Waals surface area contributed by atoms with Gasteiger partial charge in [-0.25, -0.2) is 14.2 Å². The zero-order chi connectivity index (χ0) is 22.1. The van der Waals surface area contributed by atoms with Crippen LogP contribution in [0.1, 0.15) is 17.5 Å². The Morgan fingerprint density at radius 1 is 1.03 bits per heavy atom. The van der Waals surface area contributed by atoms with Gasteiger partial charge in [-0.2, -0.15) is 0 Å². The molecule has 0 bridgehead atoms. The van der Waals surface area contributed by atoms with E-state index in [0.29, 0.717) is 22.8 Å². The number of amides is 3. The van der Waals surface area contributed by atoms with Crippen LogP contribution in [0.25, 0.3) is 0 Å². The molecule has 0 unspecified atom stereocenters. The fourth-order valence-corrected chi connectivity index (χ4v) is 2.67. The first-order valence-corrected chi connectivity index (χ1v) is 9.72. The van der Waals surface area contributed by atoms with Crippen LogP contribution in [-0.2, 0) is 11.4 Å². The molecule has 0 saturated heterocycles. The number of nitrogens with one attached hydrogen (secondary N) is 3. The summed E-state index contributed by atoms with van der Waals surface area (Å²) in [5, 5.41) is 7.98. The first kappa shape index (κ1) is 21.8. The second-order valence-corrected chi connectivity index (χ2v) is 6.85. The molecule has 0 spiro atoms. The molecule has 1 aromatic heterocycles. The molecule has 2 aromatic carbocycles. The Kier molecular flexibility index (Phi) is 7.53. The van der Waals surface area contributed by atoms with E-state index < -0.39 is 6.03 Å². The highest BCUT2D eigenvalue weighted by Gasteiger charge is 2.07. The highest BCUT2D eigenvalue weighted by Crippen LogP contribution is 2.19.